The van der Waals surface area contributed by atoms with Crippen LogP contribution in [0.2, 0.25) is 18.1 Å². The van der Waals surface area contributed by atoms with E-state index in [1.165, 1.54) is 10.6 Å². The van der Waals surface area contributed by atoms with Gasteiger partial charge in [-0.1, -0.05) is 101 Å². The van der Waals surface area contributed by atoms with Gasteiger partial charge in [0.2, 0.25) is 0 Å². The van der Waals surface area contributed by atoms with E-state index in [1.54, 1.807) is 0 Å². The molecule has 0 saturated heterocycles. The van der Waals surface area contributed by atoms with E-state index in [0.717, 1.165) is 16.2 Å². The first kappa shape index (κ1) is 25.1. The molecule has 0 aliphatic carbocycles. The summed E-state index contributed by atoms with van der Waals surface area (Å²) in [7, 11) is -3.36. The standard InChI is InChI=1S/C28H34NO2PSi/c1-7-31-27(30)26(33(5,6)28(2,3)4)25(24-20-14-15-21-29-24)32(22-16-10-8-11-17-22)23-18-12-9-13-19-23/h8-21H,7H2,1-6H3/b26-25-. The predicted molar refractivity (Wildman–Crippen MR) is 144 cm³/mol. The summed E-state index contributed by atoms with van der Waals surface area (Å²) in [5.74, 6) is -0.205. The number of esters is 1. The van der Waals surface area contributed by atoms with Crippen molar-refractivity contribution in [3.8, 4) is 0 Å². The fourth-order valence-electron chi connectivity index (χ4n) is 3.64. The summed E-state index contributed by atoms with van der Waals surface area (Å²) in [6, 6.07) is 26.9. The summed E-state index contributed by atoms with van der Waals surface area (Å²) in [6.45, 7) is 13.5. The summed E-state index contributed by atoms with van der Waals surface area (Å²) in [5.41, 5.74) is 0.851. The lowest BCUT2D eigenvalue weighted by Gasteiger charge is -2.40. The first-order chi connectivity index (χ1) is 15.7. The van der Waals surface area contributed by atoms with Crippen LogP contribution in [0.4, 0.5) is 0 Å². The predicted octanol–water partition coefficient (Wildman–Crippen LogP) is 6.54. The third kappa shape index (κ3) is 5.51. The molecule has 0 N–H and O–H groups in total. The van der Waals surface area contributed by atoms with E-state index in [1.807, 2.05) is 43.5 Å². The SMILES string of the molecule is CCOC(=O)/C(=C(\c1ccccn1)P(c1ccccc1)c1ccccc1)[Si](C)(C)C(C)(C)C. The zero-order valence-corrected chi connectivity index (χ0v) is 22.4. The topological polar surface area (TPSA) is 39.2 Å². The fourth-order valence-corrected chi connectivity index (χ4v) is 9.30. The van der Waals surface area contributed by atoms with Gasteiger partial charge in [-0.15, -0.1) is 0 Å². The molecule has 2 aromatic carbocycles. The maximum atomic E-state index is 13.8. The van der Waals surface area contributed by atoms with Gasteiger partial charge < -0.3 is 4.74 Å². The average molecular weight is 476 g/mol. The fraction of sp³-hybridized carbons (Fsp3) is 0.286. The molecule has 3 rings (SSSR count). The lowest BCUT2D eigenvalue weighted by molar-refractivity contribution is -0.137. The third-order valence-corrected chi connectivity index (χ3v) is 14.6. The number of hydrogen-bond acceptors (Lipinski definition) is 3. The maximum absolute atomic E-state index is 13.8. The van der Waals surface area contributed by atoms with Gasteiger partial charge in [0, 0.05) is 16.7 Å². The van der Waals surface area contributed by atoms with Gasteiger partial charge in [-0.05, 0) is 42.6 Å². The Labute approximate surface area is 200 Å². The zero-order chi connectivity index (χ0) is 24.1. The molecule has 3 aromatic rings. The van der Waals surface area contributed by atoms with E-state index in [4.69, 9.17) is 9.72 Å². The normalized spacial score (nSPS) is 12.9. The minimum Gasteiger partial charge on any atom is -0.463 e. The van der Waals surface area contributed by atoms with Crippen LogP contribution in [0.5, 0.6) is 0 Å². The van der Waals surface area contributed by atoms with Crippen molar-refractivity contribution in [2.75, 3.05) is 6.61 Å². The Balaban J connectivity index is 2.49. The van der Waals surface area contributed by atoms with Gasteiger partial charge >= 0.3 is 5.97 Å². The highest BCUT2D eigenvalue weighted by atomic mass is 31.1. The van der Waals surface area contributed by atoms with Crippen LogP contribution in [0.1, 0.15) is 33.4 Å². The van der Waals surface area contributed by atoms with E-state index in [-0.39, 0.29) is 11.0 Å². The molecular weight excluding hydrogens is 441 g/mol. The molecule has 0 radical (unpaired) electrons. The molecule has 0 saturated carbocycles. The molecule has 0 fully saturated rings. The van der Waals surface area contributed by atoms with Crippen molar-refractivity contribution in [3.63, 3.8) is 0 Å². The highest BCUT2D eigenvalue weighted by molar-refractivity contribution is 7.82. The van der Waals surface area contributed by atoms with Crippen molar-refractivity contribution < 1.29 is 9.53 Å². The van der Waals surface area contributed by atoms with Crippen LogP contribution in [0.25, 0.3) is 5.31 Å². The summed E-state index contributed by atoms with van der Waals surface area (Å²) in [6.07, 6.45) is 1.81. The van der Waals surface area contributed by atoms with Gasteiger partial charge in [-0.2, -0.15) is 0 Å². The molecule has 33 heavy (non-hydrogen) atoms. The van der Waals surface area contributed by atoms with Crippen molar-refractivity contribution in [2.24, 2.45) is 0 Å². The van der Waals surface area contributed by atoms with Gasteiger partial charge in [0.15, 0.2) is 0 Å². The third-order valence-electron chi connectivity index (χ3n) is 6.38. The Morgan fingerprint density at radius 3 is 1.82 bits per heavy atom. The van der Waals surface area contributed by atoms with Crippen LogP contribution in [0, 0.1) is 0 Å². The van der Waals surface area contributed by atoms with Crippen LogP contribution in [0.15, 0.2) is 90.3 Å². The van der Waals surface area contributed by atoms with Crippen LogP contribution in [-0.2, 0) is 9.53 Å². The van der Waals surface area contributed by atoms with E-state index >= 15 is 0 Å². The Hall–Kier alpha value is -2.55. The number of carbonyl (C=O) groups is 1. The number of ether oxygens (including phenoxy) is 1. The first-order valence-corrected chi connectivity index (χ1v) is 15.8. The average Bonchev–Trinajstić information content (AvgIpc) is 2.80. The van der Waals surface area contributed by atoms with Crippen molar-refractivity contribution in [3.05, 3.63) is 95.9 Å². The molecule has 1 heterocycles. The summed E-state index contributed by atoms with van der Waals surface area (Å²) in [5, 5.41) is 4.20. The molecular formula is C28H34NO2PSi. The van der Waals surface area contributed by atoms with Crippen molar-refractivity contribution >= 4 is 37.9 Å². The molecule has 0 bridgehead atoms. The van der Waals surface area contributed by atoms with Gasteiger partial charge in [-0.25, -0.2) is 4.79 Å². The van der Waals surface area contributed by atoms with Crippen molar-refractivity contribution in [2.45, 2.75) is 45.8 Å². The molecule has 172 valence electrons. The minimum absolute atomic E-state index is 0.0521. The number of hydrogen-bond donors (Lipinski definition) is 0. The number of pyridine rings is 1. The second-order valence-electron chi connectivity index (χ2n) is 9.54. The monoisotopic (exact) mass is 475 g/mol. The van der Waals surface area contributed by atoms with Gasteiger partial charge in [0.25, 0.3) is 0 Å². The van der Waals surface area contributed by atoms with Crippen LogP contribution >= 0.6 is 7.92 Å². The van der Waals surface area contributed by atoms with E-state index < -0.39 is 16.0 Å². The molecule has 0 atom stereocenters. The number of carbonyl (C=O) groups excluding carboxylic acids is 1. The molecule has 0 aliphatic heterocycles. The highest BCUT2D eigenvalue weighted by Gasteiger charge is 2.45. The Morgan fingerprint density at radius 1 is 0.879 bits per heavy atom. The smallest absolute Gasteiger partial charge is 0.330 e. The molecule has 3 nitrogen and oxygen atoms in total. The first-order valence-electron chi connectivity index (χ1n) is 11.4. The number of rotatable bonds is 7. The lowest BCUT2D eigenvalue weighted by Crippen LogP contribution is -2.44. The molecule has 1 aromatic heterocycles. The van der Waals surface area contributed by atoms with Crippen LogP contribution in [-0.4, -0.2) is 25.6 Å². The largest absolute Gasteiger partial charge is 0.463 e. The highest BCUT2D eigenvalue weighted by Crippen LogP contribution is 2.54. The van der Waals surface area contributed by atoms with E-state index in [9.17, 15) is 4.79 Å². The lowest BCUT2D eigenvalue weighted by atomic mass is 10.2. The van der Waals surface area contributed by atoms with E-state index in [0.29, 0.717) is 6.61 Å². The van der Waals surface area contributed by atoms with Crippen LogP contribution in [0.3, 0.4) is 0 Å². The van der Waals surface area contributed by atoms with Crippen molar-refractivity contribution in [1.29, 1.82) is 0 Å². The van der Waals surface area contributed by atoms with Crippen molar-refractivity contribution in [1.82, 2.24) is 4.98 Å². The summed E-state index contributed by atoms with van der Waals surface area (Å²) < 4.78 is 5.73. The van der Waals surface area contributed by atoms with Crippen LogP contribution < -0.4 is 10.6 Å². The molecule has 5 heteroatoms. The second kappa shape index (κ2) is 10.6. The Bertz CT molecular complexity index is 1050. The quantitative estimate of drug-likeness (QED) is 0.169. The Morgan fingerprint density at radius 2 is 1.39 bits per heavy atom. The summed E-state index contributed by atoms with van der Waals surface area (Å²) in [4.78, 5) is 18.5. The zero-order valence-electron chi connectivity index (χ0n) is 20.5. The molecule has 0 unspecified atom stereocenters. The second-order valence-corrected chi connectivity index (χ2v) is 16.9. The molecule has 0 aliphatic rings. The molecule has 0 spiro atoms. The van der Waals surface area contributed by atoms with Gasteiger partial charge in [0.05, 0.1) is 20.4 Å². The van der Waals surface area contributed by atoms with E-state index in [2.05, 4.69) is 82.4 Å². The van der Waals surface area contributed by atoms with Gasteiger partial charge in [0.1, 0.15) is 0 Å². The number of benzene rings is 2. The molecule has 0 amide bonds. The Kier molecular flexibility index (Phi) is 8.04. The minimum atomic E-state index is -2.33. The van der Waals surface area contributed by atoms with Gasteiger partial charge in [-0.3, -0.25) is 4.98 Å². The summed E-state index contributed by atoms with van der Waals surface area (Å²) >= 11 is 0. The maximum Gasteiger partial charge on any atom is 0.330 e. The number of aromatic nitrogens is 1. The number of nitrogens with zero attached hydrogens (tertiary/aromatic N) is 1.